The molecule has 0 atom stereocenters. The van der Waals surface area contributed by atoms with Crippen LogP contribution in [-0.2, 0) is 22.3 Å². The average Bonchev–Trinajstić information content (AvgIpc) is 3.09. The van der Waals surface area contributed by atoms with Crippen molar-refractivity contribution >= 4 is 11.7 Å². The van der Waals surface area contributed by atoms with Gasteiger partial charge < -0.3 is 9.42 Å². The van der Waals surface area contributed by atoms with E-state index < -0.39 is 23.8 Å². The Balaban J connectivity index is 2.17. The van der Waals surface area contributed by atoms with Crippen LogP contribution in [0.2, 0.25) is 0 Å². The van der Waals surface area contributed by atoms with E-state index in [4.69, 9.17) is 0 Å². The number of nitrogens with zero attached hydrogens (tertiary/aromatic N) is 3. The van der Waals surface area contributed by atoms with Gasteiger partial charge in [0.25, 0.3) is 5.91 Å². The van der Waals surface area contributed by atoms with Gasteiger partial charge >= 0.3 is 12.1 Å². The molecule has 0 aliphatic rings. The largest absolute Gasteiger partial charge is 0.471 e. The van der Waals surface area contributed by atoms with Crippen molar-refractivity contribution in [1.82, 2.24) is 15.0 Å². The molecule has 6 nitrogen and oxygen atoms in total. The van der Waals surface area contributed by atoms with E-state index in [2.05, 4.69) is 14.7 Å². The van der Waals surface area contributed by atoms with Gasteiger partial charge in [0, 0.05) is 24.6 Å². The number of halogens is 3. The van der Waals surface area contributed by atoms with Crippen molar-refractivity contribution in [2.24, 2.45) is 0 Å². The van der Waals surface area contributed by atoms with Crippen molar-refractivity contribution in [1.29, 1.82) is 0 Å². The second-order valence-corrected chi connectivity index (χ2v) is 5.92. The zero-order valence-electron chi connectivity index (χ0n) is 14.5. The summed E-state index contributed by atoms with van der Waals surface area (Å²) in [7, 11) is 0. The zero-order valence-corrected chi connectivity index (χ0v) is 14.5. The summed E-state index contributed by atoms with van der Waals surface area (Å²) in [6.07, 6.45) is -4.57. The van der Waals surface area contributed by atoms with Crippen LogP contribution in [0.15, 0.2) is 28.8 Å². The van der Waals surface area contributed by atoms with Gasteiger partial charge in [0.1, 0.15) is 0 Å². The molecule has 1 aromatic carbocycles. The fraction of sp³-hybridized carbons (Fsp3) is 0.412. The summed E-state index contributed by atoms with van der Waals surface area (Å²) in [5.74, 6) is -2.62. The molecule has 0 aliphatic heterocycles. The number of benzene rings is 1. The maximum Gasteiger partial charge on any atom is 0.471 e. The summed E-state index contributed by atoms with van der Waals surface area (Å²) in [6.45, 7) is 5.43. The van der Waals surface area contributed by atoms with E-state index in [0.29, 0.717) is 5.56 Å². The van der Waals surface area contributed by atoms with Crippen molar-refractivity contribution in [2.75, 3.05) is 0 Å². The Labute approximate surface area is 148 Å². The maximum atomic E-state index is 12.5. The lowest BCUT2D eigenvalue weighted by atomic mass is 10.1. The van der Waals surface area contributed by atoms with Gasteiger partial charge in [0.05, 0.1) is 0 Å². The molecule has 26 heavy (non-hydrogen) atoms. The smallest absolute Gasteiger partial charge is 0.329 e. The van der Waals surface area contributed by atoms with E-state index in [1.807, 2.05) is 0 Å². The highest BCUT2D eigenvalue weighted by molar-refractivity contribution is 6.35. The van der Waals surface area contributed by atoms with E-state index in [-0.39, 0.29) is 24.8 Å². The Bertz CT molecular complexity index is 783. The SMILES string of the molecule is CCC(=O)C(=O)N(Cc1ccc(-c2noc(C(F)(F)F)n2)cc1)C(C)C. The van der Waals surface area contributed by atoms with Gasteiger partial charge in [0.2, 0.25) is 11.6 Å². The number of carbonyl (C=O) groups is 2. The van der Waals surface area contributed by atoms with Gasteiger partial charge in [-0.3, -0.25) is 9.59 Å². The molecule has 2 aromatic rings. The summed E-state index contributed by atoms with van der Waals surface area (Å²) in [6, 6.07) is 6.16. The number of ketones is 1. The van der Waals surface area contributed by atoms with E-state index in [1.165, 1.54) is 17.0 Å². The first-order valence-electron chi connectivity index (χ1n) is 7.97. The minimum absolute atomic E-state index is 0.125. The topological polar surface area (TPSA) is 76.3 Å². The third-order valence-electron chi connectivity index (χ3n) is 3.68. The van der Waals surface area contributed by atoms with Gasteiger partial charge in [-0.25, -0.2) is 0 Å². The Morgan fingerprint density at radius 3 is 2.27 bits per heavy atom. The van der Waals surface area contributed by atoms with Crippen molar-refractivity contribution in [3.05, 3.63) is 35.7 Å². The molecule has 0 saturated carbocycles. The van der Waals surface area contributed by atoms with Gasteiger partial charge in [0.15, 0.2) is 0 Å². The van der Waals surface area contributed by atoms with Crippen LogP contribution in [-0.4, -0.2) is 32.8 Å². The Kier molecular flexibility index (Phi) is 5.79. The van der Waals surface area contributed by atoms with E-state index in [0.717, 1.165) is 5.56 Å². The summed E-state index contributed by atoms with van der Waals surface area (Å²) >= 11 is 0. The fourth-order valence-electron chi connectivity index (χ4n) is 2.21. The summed E-state index contributed by atoms with van der Waals surface area (Å²) in [5.41, 5.74) is 1.07. The lowest BCUT2D eigenvalue weighted by Gasteiger charge is -2.26. The number of aromatic nitrogens is 2. The summed E-state index contributed by atoms with van der Waals surface area (Å²) in [4.78, 5) is 28.6. The van der Waals surface area contributed by atoms with E-state index in [1.54, 1.807) is 32.9 Å². The maximum absolute atomic E-state index is 12.5. The highest BCUT2D eigenvalue weighted by atomic mass is 19.4. The number of hydrogen-bond donors (Lipinski definition) is 0. The molecule has 0 radical (unpaired) electrons. The van der Waals surface area contributed by atoms with Gasteiger partial charge in [-0.1, -0.05) is 36.3 Å². The number of Topliss-reactive ketones (excluding diaryl/α,β-unsaturated/α-hetero) is 1. The van der Waals surface area contributed by atoms with Crippen molar-refractivity contribution in [2.45, 2.75) is 46.0 Å². The molecule has 1 heterocycles. The van der Waals surface area contributed by atoms with Crippen LogP contribution >= 0.6 is 0 Å². The molecule has 0 aliphatic carbocycles. The standard InChI is InChI=1S/C17H18F3N3O3/c1-4-13(24)15(25)23(10(2)3)9-11-5-7-12(8-6-11)14-21-16(26-22-14)17(18,19)20/h5-8,10H,4,9H2,1-3H3. The van der Waals surface area contributed by atoms with Crippen molar-refractivity contribution in [3.63, 3.8) is 0 Å². The van der Waals surface area contributed by atoms with Crippen LogP contribution in [0.5, 0.6) is 0 Å². The molecule has 0 fully saturated rings. The van der Waals surface area contributed by atoms with E-state index >= 15 is 0 Å². The van der Waals surface area contributed by atoms with Gasteiger partial charge in [-0.15, -0.1) is 0 Å². The molecule has 140 valence electrons. The molecule has 0 N–H and O–H groups in total. The van der Waals surface area contributed by atoms with Gasteiger partial charge in [-0.05, 0) is 19.4 Å². The number of carbonyl (C=O) groups excluding carboxylic acids is 2. The first kappa shape index (κ1) is 19.6. The third-order valence-corrected chi connectivity index (χ3v) is 3.68. The molecule has 1 aromatic heterocycles. The van der Waals surface area contributed by atoms with Crippen LogP contribution in [0.25, 0.3) is 11.4 Å². The number of alkyl halides is 3. The molecule has 2 rings (SSSR count). The lowest BCUT2D eigenvalue weighted by Crippen LogP contribution is -2.40. The van der Waals surface area contributed by atoms with Crippen LogP contribution in [0.1, 0.15) is 38.6 Å². The van der Waals surface area contributed by atoms with Crippen LogP contribution < -0.4 is 0 Å². The Hall–Kier alpha value is -2.71. The second-order valence-electron chi connectivity index (χ2n) is 5.92. The molecule has 9 heteroatoms. The zero-order chi connectivity index (χ0) is 19.5. The predicted molar refractivity (Wildman–Crippen MR) is 85.7 cm³/mol. The predicted octanol–water partition coefficient (Wildman–Crippen LogP) is 3.47. The second kappa shape index (κ2) is 7.67. The number of hydrogen-bond acceptors (Lipinski definition) is 5. The minimum atomic E-state index is -4.70. The number of rotatable bonds is 6. The molecule has 0 bridgehead atoms. The first-order chi connectivity index (χ1) is 12.1. The normalized spacial score (nSPS) is 11.7. The van der Waals surface area contributed by atoms with Crippen LogP contribution in [0, 0.1) is 0 Å². The Morgan fingerprint density at radius 1 is 1.19 bits per heavy atom. The first-order valence-corrected chi connectivity index (χ1v) is 7.97. The van der Waals surface area contributed by atoms with E-state index in [9.17, 15) is 22.8 Å². The summed E-state index contributed by atoms with van der Waals surface area (Å²) in [5, 5.41) is 3.32. The van der Waals surface area contributed by atoms with Crippen LogP contribution in [0.3, 0.4) is 0 Å². The van der Waals surface area contributed by atoms with Gasteiger partial charge in [-0.2, -0.15) is 18.2 Å². The lowest BCUT2D eigenvalue weighted by molar-refractivity contribution is -0.159. The van der Waals surface area contributed by atoms with Crippen LogP contribution in [0.4, 0.5) is 13.2 Å². The molecular formula is C17H18F3N3O3. The third kappa shape index (κ3) is 4.47. The highest BCUT2D eigenvalue weighted by Gasteiger charge is 2.38. The molecule has 0 saturated heterocycles. The summed E-state index contributed by atoms with van der Waals surface area (Å²) < 4.78 is 41.7. The molecule has 0 unspecified atom stereocenters. The van der Waals surface area contributed by atoms with Crippen molar-refractivity contribution < 1.29 is 27.3 Å². The molecular weight excluding hydrogens is 351 g/mol. The fourth-order valence-corrected chi connectivity index (χ4v) is 2.21. The highest BCUT2D eigenvalue weighted by Crippen LogP contribution is 2.29. The quantitative estimate of drug-likeness (QED) is 0.729. The monoisotopic (exact) mass is 369 g/mol. The molecule has 1 amide bonds. The minimum Gasteiger partial charge on any atom is -0.329 e. The molecule has 0 spiro atoms. The Morgan fingerprint density at radius 2 is 1.81 bits per heavy atom. The average molecular weight is 369 g/mol. The van der Waals surface area contributed by atoms with Crippen molar-refractivity contribution in [3.8, 4) is 11.4 Å². The number of amides is 1.